The zero-order chi connectivity index (χ0) is 21.3. The fourth-order valence-corrected chi connectivity index (χ4v) is 5.66. The number of nitrogens with one attached hydrogen (secondary N) is 1. The zero-order valence-corrected chi connectivity index (χ0v) is 18.0. The number of fused-ring (bicyclic) bond motifs is 1. The van der Waals surface area contributed by atoms with E-state index in [1.165, 1.54) is 12.1 Å². The molecule has 0 bridgehead atoms. The average Bonchev–Trinajstić information content (AvgIpc) is 3.08. The van der Waals surface area contributed by atoms with Gasteiger partial charge in [0.15, 0.2) is 0 Å². The normalized spacial score (nSPS) is 17.9. The van der Waals surface area contributed by atoms with Crippen LogP contribution in [0, 0.1) is 0 Å². The summed E-state index contributed by atoms with van der Waals surface area (Å²) in [6.45, 7) is 2.78. The van der Waals surface area contributed by atoms with Gasteiger partial charge in [0.1, 0.15) is 5.82 Å². The topological polar surface area (TPSA) is 84.3 Å². The van der Waals surface area contributed by atoms with E-state index in [9.17, 15) is 13.2 Å². The molecule has 1 amide bonds. The fourth-order valence-electron chi connectivity index (χ4n) is 3.96. The van der Waals surface area contributed by atoms with E-state index in [2.05, 4.69) is 10.3 Å². The van der Waals surface area contributed by atoms with Gasteiger partial charge in [0.05, 0.1) is 22.5 Å². The first-order chi connectivity index (χ1) is 14.4. The summed E-state index contributed by atoms with van der Waals surface area (Å²) in [7, 11) is -1.63. The summed E-state index contributed by atoms with van der Waals surface area (Å²) >= 11 is 0. The second-order valence-electron chi connectivity index (χ2n) is 7.74. The van der Waals surface area contributed by atoms with Crippen molar-refractivity contribution in [3.8, 4) is 0 Å². The molecule has 1 unspecified atom stereocenters. The Morgan fingerprint density at radius 1 is 1.13 bits per heavy atom. The number of nitrogens with zero attached hydrogens (tertiary/aromatic N) is 3. The molecule has 1 N–H and O–H groups in total. The Balaban J connectivity index is 1.45. The fraction of sp³-hybridized carbons (Fsp3) is 0.364. The molecule has 0 aliphatic carbocycles. The van der Waals surface area contributed by atoms with Gasteiger partial charge in [0.2, 0.25) is 10.0 Å². The third-order valence-electron chi connectivity index (χ3n) is 5.75. The highest BCUT2D eigenvalue weighted by Crippen LogP contribution is 2.25. The first-order valence-electron chi connectivity index (χ1n) is 10.2. The van der Waals surface area contributed by atoms with Gasteiger partial charge >= 0.3 is 0 Å². The van der Waals surface area contributed by atoms with Crippen molar-refractivity contribution in [2.75, 3.05) is 6.54 Å². The van der Waals surface area contributed by atoms with Gasteiger partial charge < -0.3 is 9.88 Å². The quantitative estimate of drug-likeness (QED) is 0.680. The summed E-state index contributed by atoms with van der Waals surface area (Å²) in [6, 6.07) is 13.9. The molecule has 2 heterocycles. The summed E-state index contributed by atoms with van der Waals surface area (Å²) in [5.74, 6) is 0.486. The number of aromatic nitrogens is 2. The zero-order valence-electron chi connectivity index (χ0n) is 17.2. The highest BCUT2D eigenvalue weighted by Gasteiger charge is 2.30. The molecule has 2 aromatic carbocycles. The van der Waals surface area contributed by atoms with Crippen LogP contribution in [0.15, 0.2) is 53.4 Å². The van der Waals surface area contributed by atoms with Crippen LogP contribution in [-0.2, 0) is 23.6 Å². The molecule has 30 heavy (non-hydrogen) atoms. The second-order valence-corrected chi connectivity index (χ2v) is 9.63. The van der Waals surface area contributed by atoms with E-state index in [0.29, 0.717) is 12.1 Å². The van der Waals surface area contributed by atoms with Gasteiger partial charge in [-0.05, 0) is 56.2 Å². The number of carbonyl (C=O) groups is 1. The molecule has 0 saturated carbocycles. The van der Waals surface area contributed by atoms with Crippen LogP contribution in [0.3, 0.4) is 0 Å². The molecule has 158 valence electrons. The van der Waals surface area contributed by atoms with E-state index >= 15 is 0 Å². The molecule has 4 rings (SSSR count). The Kier molecular flexibility index (Phi) is 5.62. The number of benzene rings is 2. The maximum Gasteiger partial charge on any atom is 0.251 e. The molecule has 1 aliphatic heterocycles. The standard InChI is InChI=1S/C22H26N4O3S/c1-16-7-5-6-14-26(16)30(28,29)18-12-10-17(11-13-18)22(27)23-15-21-24-19-8-3-4-9-20(19)25(21)2/h3-4,8-13,16H,5-7,14-15H2,1-2H3,(H,23,27). The summed E-state index contributed by atoms with van der Waals surface area (Å²) in [6.07, 6.45) is 2.81. The van der Waals surface area contributed by atoms with E-state index in [1.807, 2.05) is 42.8 Å². The van der Waals surface area contributed by atoms with Crippen LogP contribution in [-0.4, -0.2) is 40.8 Å². The average molecular weight is 427 g/mol. The van der Waals surface area contributed by atoms with Crippen LogP contribution < -0.4 is 5.32 Å². The number of hydrogen-bond donors (Lipinski definition) is 1. The van der Waals surface area contributed by atoms with Crippen LogP contribution in [0.25, 0.3) is 11.0 Å². The summed E-state index contributed by atoms with van der Waals surface area (Å²) < 4.78 is 29.4. The third kappa shape index (κ3) is 3.85. The van der Waals surface area contributed by atoms with Crippen molar-refractivity contribution in [3.63, 3.8) is 0 Å². The molecule has 1 aliphatic rings. The van der Waals surface area contributed by atoms with Crippen molar-refractivity contribution in [2.45, 2.75) is 43.7 Å². The van der Waals surface area contributed by atoms with Crippen LogP contribution in [0.5, 0.6) is 0 Å². The van der Waals surface area contributed by atoms with Crippen LogP contribution in [0.2, 0.25) is 0 Å². The van der Waals surface area contributed by atoms with Crippen LogP contribution in [0.4, 0.5) is 0 Å². The van der Waals surface area contributed by atoms with Crippen LogP contribution >= 0.6 is 0 Å². The van der Waals surface area contributed by atoms with Crippen molar-refractivity contribution in [2.24, 2.45) is 7.05 Å². The smallest absolute Gasteiger partial charge is 0.251 e. The lowest BCUT2D eigenvalue weighted by Gasteiger charge is -2.32. The monoisotopic (exact) mass is 426 g/mol. The maximum absolute atomic E-state index is 12.9. The Morgan fingerprint density at radius 3 is 2.57 bits per heavy atom. The molecule has 1 saturated heterocycles. The minimum atomic E-state index is -3.54. The van der Waals surface area contributed by atoms with Gasteiger partial charge in [0, 0.05) is 25.2 Å². The van der Waals surface area contributed by atoms with Crippen molar-refractivity contribution in [3.05, 3.63) is 59.9 Å². The molecule has 1 atom stereocenters. The lowest BCUT2D eigenvalue weighted by atomic mass is 10.1. The molecule has 7 nitrogen and oxygen atoms in total. The Morgan fingerprint density at radius 2 is 1.87 bits per heavy atom. The predicted octanol–water partition coefficient (Wildman–Crippen LogP) is 3.07. The third-order valence-corrected chi connectivity index (χ3v) is 7.78. The number of carbonyl (C=O) groups excluding carboxylic acids is 1. The Bertz CT molecular complexity index is 1170. The molecule has 3 aromatic rings. The summed E-state index contributed by atoms with van der Waals surface area (Å²) in [4.78, 5) is 17.3. The van der Waals surface area contributed by atoms with E-state index in [0.717, 1.165) is 36.1 Å². The van der Waals surface area contributed by atoms with E-state index < -0.39 is 10.0 Å². The molecule has 1 aromatic heterocycles. The van der Waals surface area contributed by atoms with Crippen molar-refractivity contribution in [1.82, 2.24) is 19.2 Å². The SMILES string of the molecule is CC1CCCCN1S(=O)(=O)c1ccc(C(=O)NCc2nc3ccccc3n2C)cc1. The molecule has 1 fully saturated rings. The van der Waals surface area contributed by atoms with Gasteiger partial charge in [-0.1, -0.05) is 18.6 Å². The number of aryl methyl sites for hydroxylation is 1. The lowest BCUT2D eigenvalue weighted by Crippen LogP contribution is -2.41. The van der Waals surface area contributed by atoms with Crippen molar-refractivity contribution >= 4 is 27.0 Å². The first kappa shape index (κ1) is 20.6. The molecular formula is C22H26N4O3S. The second kappa shape index (κ2) is 8.20. The van der Waals surface area contributed by atoms with Crippen molar-refractivity contribution < 1.29 is 13.2 Å². The van der Waals surface area contributed by atoms with E-state index in [1.54, 1.807) is 16.4 Å². The van der Waals surface area contributed by atoms with E-state index in [4.69, 9.17) is 0 Å². The predicted molar refractivity (Wildman–Crippen MR) is 116 cm³/mol. The highest BCUT2D eigenvalue weighted by atomic mass is 32.2. The summed E-state index contributed by atoms with van der Waals surface area (Å²) in [5, 5.41) is 2.86. The number of imidazole rings is 1. The van der Waals surface area contributed by atoms with Gasteiger partial charge in [-0.25, -0.2) is 13.4 Å². The molecule has 0 spiro atoms. The molecule has 8 heteroatoms. The van der Waals surface area contributed by atoms with Crippen LogP contribution in [0.1, 0.15) is 42.4 Å². The number of amides is 1. The van der Waals surface area contributed by atoms with Crippen molar-refractivity contribution in [1.29, 1.82) is 0 Å². The number of rotatable bonds is 5. The number of hydrogen-bond acceptors (Lipinski definition) is 4. The van der Waals surface area contributed by atoms with Gasteiger partial charge in [-0.15, -0.1) is 0 Å². The first-order valence-corrected chi connectivity index (χ1v) is 11.6. The number of para-hydroxylation sites is 2. The Hall–Kier alpha value is -2.71. The maximum atomic E-state index is 12.9. The van der Waals surface area contributed by atoms with Gasteiger partial charge in [-0.2, -0.15) is 4.31 Å². The van der Waals surface area contributed by atoms with Gasteiger partial charge in [0.25, 0.3) is 5.91 Å². The Labute approximate surface area is 176 Å². The lowest BCUT2D eigenvalue weighted by molar-refractivity contribution is 0.0949. The largest absolute Gasteiger partial charge is 0.345 e. The summed E-state index contributed by atoms with van der Waals surface area (Å²) in [5.41, 5.74) is 2.30. The minimum absolute atomic E-state index is 0.0000223. The molecule has 0 radical (unpaired) electrons. The minimum Gasteiger partial charge on any atom is -0.345 e. The molecular weight excluding hydrogens is 400 g/mol. The van der Waals surface area contributed by atoms with E-state index in [-0.39, 0.29) is 23.4 Å². The number of piperidine rings is 1. The number of sulfonamides is 1. The highest BCUT2D eigenvalue weighted by molar-refractivity contribution is 7.89. The van der Waals surface area contributed by atoms with Gasteiger partial charge in [-0.3, -0.25) is 4.79 Å².